The summed E-state index contributed by atoms with van der Waals surface area (Å²) >= 11 is 2.98. The van der Waals surface area contributed by atoms with Crippen LogP contribution in [0.4, 0.5) is 10.8 Å². The summed E-state index contributed by atoms with van der Waals surface area (Å²) in [5.41, 5.74) is 2.59. The number of anilines is 2. The van der Waals surface area contributed by atoms with Crippen molar-refractivity contribution in [1.82, 2.24) is 4.98 Å². The van der Waals surface area contributed by atoms with Crippen LogP contribution in [-0.4, -0.2) is 22.6 Å². The molecule has 0 radical (unpaired) electrons. The molecule has 0 atom stereocenters. The van der Waals surface area contributed by atoms with Gasteiger partial charge in [-0.2, -0.15) is 0 Å². The van der Waals surface area contributed by atoms with Crippen LogP contribution in [0.5, 0.6) is 0 Å². The Kier molecular flexibility index (Phi) is 4.17. The third-order valence-corrected chi connectivity index (χ3v) is 5.38. The fourth-order valence-corrected chi connectivity index (χ4v) is 3.73. The highest BCUT2D eigenvalue weighted by Crippen LogP contribution is 2.32. The molecule has 1 aromatic carbocycles. The van der Waals surface area contributed by atoms with Gasteiger partial charge in [-0.3, -0.25) is 9.59 Å². The van der Waals surface area contributed by atoms with E-state index in [1.165, 1.54) is 23.1 Å². The second-order valence-electron chi connectivity index (χ2n) is 5.05. The highest BCUT2D eigenvalue weighted by Gasteiger charge is 2.16. The van der Waals surface area contributed by atoms with Crippen molar-refractivity contribution in [2.75, 3.05) is 16.4 Å². The lowest BCUT2D eigenvalue weighted by Gasteiger charge is -2.16. The van der Waals surface area contributed by atoms with Crippen LogP contribution in [0.25, 0.3) is 0 Å². The molecule has 1 aliphatic rings. The highest BCUT2D eigenvalue weighted by molar-refractivity contribution is 8.00. The number of nitrogens with one attached hydrogen (secondary N) is 2. The number of fused-ring (bicyclic) bond motifs is 1. The first-order valence-electron chi connectivity index (χ1n) is 6.81. The summed E-state index contributed by atoms with van der Waals surface area (Å²) in [5.74, 6) is 0.326. The van der Waals surface area contributed by atoms with Crippen LogP contribution in [0.1, 0.15) is 16.1 Å². The minimum Gasteiger partial charge on any atom is -0.324 e. The van der Waals surface area contributed by atoms with Crippen molar-refractivity contribution in [3.63, 3.8) is 0 Å². The normalized spacial score (nSPS) is 13.5. The van der Waals surface area contributed by atoms with Crippen LogP contribution in [0.2, 0.25) is 0 Å². The standard InChI is InChI=1S/C15H15N3O2S2/c1-8-9(2)22-15(16-8)18-13(19)6-10-3-4-12-11(5-10)17-14(20)7-21-12/h3-5H,6-7H2,1-2H3,(H,17,20)(H,16,18,19). The molecule has 0 saturated carbocycles. The molecule has 114 valence electrons. The molecule has 2 N–H and O–H groups in total. The smallest absolute Gasteiger partial charge is 0.234 e. The Morgan fingerprint density at radius 2 is 2.23 bits per heavy atom. The van der Waals surface area contributed by atoms with E-state index in [-0.39, 0.29) is 18.2 Å². The van der Waals surface area contributed by atoms with E-state index in [1.54, 1.807) is 0 Å². The van der Waals surface area contributed by atoms with Crippen LogP contribution >= 0.6 is 23.1 Å². The molecule has 0 aliphatic carbocycles. The van der Waals surface area contributed by atoms with E-state index < -0.39 is 0 Å². The number of aromatic nitrogens is 1. The summed E-state index contributed by atoms with van der Waals surface area (Å²) in [4.78, 5) is 30.0. The molecule has 3 rings (SSSR count). The Morgan fingerprint density at radius 3 is 2.95 bits per heavy atom. The molecule has 2 amide bonds. The van der Waals surface area contributed by atoms with Gasteiger partial charge >= 0.3 is 0 Å². The van der Waals surface area contributed by atoms with Gasteiger partial charge in [0, 0.05) is 9.77 Å². The van der Waals surface area contributed by atoms with Gasteiger partial charge in [-0.1, -0.05) is 6.07 Å². The molecule has 0 spiro atoms. The Labute approximate surface area is 136 Å². The quantitative estimate of drug-likeness (QED) is 0.906. The van der Waals surface area contributed by atoms with Crippen molar-refractivity contribution in [2.24, 2.45) is 0 Å². The van der Waals surface area contributed by atoms with Crippen LogP contribution in [0.3, 0.4) is 0 Å². The van der Waals surface area contributed by atoms with Crippen molar-refractivity contribution in [3.8, 4) is 0 Å². The van der Waals surface area contributed by atoms with Gasteiger partial charge in [0.15, 0.2) is 5.13 Å². The maximum Gasteiger partial charge on any atom is 0.234 e. The summed E-state index contributed by atoms with van der Waals surface area (Å²) in [6.07, 6.45) is 0.255. The van der Waals surface area contributed by atoms with Gasteiger partial charge < -0.3 is 10.6 Å². The predicted molar refractivity (Wildman–Crippen MR) is 89.7 cm³/mol. The number of carbonyl (C=O) groups excluding carboxylic acids is 2. The molecule has 1 aromatic heterocycles. The lowest BCUT2D eigenvalue weighted by molar-refractivity contribution is -0.115. The second kappa shape index (κ2) is 6.10. The van der Waals surface area contributed by atoms with E-state index in [4.69, 9.17) is 0 Å². The van der Waals surface area contributed by atoms with E-state index >= 15 is 0 Å². The second-order valence-corrected chi connectivity index (χ2v) is 7.27. The minimum atomic E-state index is -0.108. The molecular formula is C15H15N3O2S2. The molecule has 1 aliphatic heterocycles. The minimum absolute atomic E-state index is 0.00663. The van der Waals surface area contributed by atoms with Crippen LogP contribution in [0.15, 0.2) is 23.1 Å². The number of hydrogen-bond acceptors (Lipinski definition) is 5. The van der Waals surface area contributed by atoms with E-state index in [2.05, 4.69) is 15.6 Å². The first kappa shape index (κ1) is 15.1. The molecule has 0 saturated heterocycles. The van der Waals surface area contributed by atoms with Gasteiger partial charge in [-0.15, -0.1) is 23.1 Å². The highest BCUT2D eigenvalue weighted by atomic mass is 32.2. The van der Waals surface area contributed by atoms with Crippen molar-refractivity contribution in [3.05, 3.63) is 34.3 Å². The van der Waals surface area contributed by atoms with Gasteiger partial charge in [0.05, 0.1) is 23.6 Å². The Bertz CT molecular complexity index is 736. The molecule has 0 unspecified atom stereocenters. The topological polar surface area (TPSA) is 71.1 Å². The molecule has 7 heteroatoms. The lowest BCUT2D eigenvalue weighted by atomic mass is 10.1. The summed E-state index contributed by atoms with van der Waals surface area (Å²) in [7, 11) is 0. The molecule has 5 nitrogen and oxygen atoms in total. The summed E-state index contributed by atoms with van der Waals surface area (Å²) in [6, 6.07) is 5.72. The van der Waals surface area contributed by atoms with Gasteiger partial charge in [-0.25, -0.2) is 4.98 Å². The zero-order valence-corrected chi connectivity index (χ0v) is 13.9. The van der Waals surface area contributed by atoms with Gasteiger partial charge in [0.1, 0.15) is 0 Å². The summed E-state index contributed by atoms with van der Waals surface area (Å²) in [6.45, 7) is 3.90. The van der Waals surface area contributed by atoms with Crippen LogP contribution in [0, 0.1) is 13.8 Å². The largest absolute Gasteiger partial charge is 0.324 e. The van der Waals surface area contributed by atoms with Crippen molar-refractivity contribution >= 4 is 45.7 Å². The molecular weight excluding hydrogens is 318 g/mol. The third kappa shape index (κ3) is 3.31. The average molecular weight is 333 g/mol. The van der Waals surface area contributed by atoms with Crippen molar-refractivity contribution in [1.29, 1.82) is 0 Å². The Hall–Kier alpha value is -1.86. The fraction of sp³-hybridized carbons (Fsp3) is 0.267. The molecule has 0 fully saturated rings. The maximum absolute atomic E-state index is 12.1. The maximum atomic E-state index is 12.1. The van der Waals surface area contributed by atoms with Gasteiger partial charge in [0.25, 0.3) is 0 Å². The number of hydrogen-bond donors (Lipinski definition) is 2. The number of thiazole rings is 1. The number of carbonyl (C=O) groups is 2. The van der Waals surface area contributed by atoms with Crippen LogP contribution < -0.4 is 10.6 Å². The fourth-order valence-electron chi connectivity index (χ4n) is 2.12. The van der Waals surface area contributed by atoms with E-state index in [9.17, 15) is 9.59 Å². The van der Waals surface area contributed by atoms with Crippen LogP contribution in [-0.2, 0) is 16.0 Å². The summed E-state index contributed by atoms with van der Waals surface area (Å²) < 4.78 is 0. The zero-order chi connectivity index (χ0) is 15.7. The molecule has 2 heterocycles. The van der Waals surface area contributed by atoms with E-state index in [0.717, 1.165) is 26.7 Å². The lowest BCUT2D eigenvalue weighted by Crippen LogP contribution is -2.19. The molecule has 0 bridgehead atoms. The van der Waals surface area contributed by atoms with E-state index in [0.29, 0.717) is 10.9 Å². The number of aryl methyl sites for hydroxylation is 2. The van der Waals surface area contributed by atoms with Gasteiger partial charge in [-0.05, 0) is 31.5 Å². The number of amides is 2. The molecule has 2 aromatic rings. The number of rotatable bonds is 3. The van der Waals surface area contributed by atoms with Crippen molar-refractivity contribution in [2.45, 2.75) is 25.2 Å². The number of nitrogens with zero attached hydrogens (tertiary/aromatic N) is 1. The van der Waals surface area contributed by atoms with Crippen molar-refractivity contribution < 1.29 is 9.59 Å². The average Bonchev–Trinajstić information content (AvgIpc) is 2.76. The number of benzene rings is 1. The third-order valence-electron chi connectivity index (χ3n) is 3.32. The first-order chi connectivity index (χ1) is 10.5. The number of thioether (sulfide) groups is 1. The van der Waals surface area contributed by atoms with Gasteiger partial charge in [0.2, 0.25) is 11.8 Å². The Balaban J connectivity index is 1.69. The monoisotopic (exact) mass is 333 g/mol. The Morgan fingerprint density at radius 1 is 1.41 bits per heavy atom. The first-order valence-corrected chi connectivity index (χ1v) is 8.61. The zero-order valence-electron chi connectivity index (χ0n) is 12.2. The summed E-state index contributed by atoms with van der Waals surface area (Å²) in [5, 5.41) is 6.28. The molecule has 22 heavy (non-hydrogen) atoms. The SMILES string of the molecule is Cc1nc(NC(=O)Cc2ccc3c(c2)NC(=O)CS3)sc1C. The van der Waals surface area contributed by atoms with E-state index in [1.807, 2.05) is 32.0 Å². The predicted octanol–water partition coefficient (Wildman–Crippen LogP) is 2.99.